The Morgan fingerprint density at radius 1 is 1.04 bits per heavy atom. The van der Waals surface area contributed by atoms with E-state index < -0.39 is 46.8 Å². The Kier molecular flexibility index (Phi) is 6.84. The summed E-state index contributed by atoms with van der Waals surface area (Å²) in [7, 11) is -5.55. The lowest BCUT2D eigenvalue weighted by Gasteiger charge is -2.25. The second-order valence-corrected chi connectivity index (χ2v) is 7.80. The summed E-state index contributed by atoms with van der Waals surface area (Å²) in [5.74, 6) is 0. The third kappa shape index (κ3) is 6.00. The van der Waals surface area contributed by atoms with Gasteiger partial charge in [0.25, 0.3) is 5.69 Å². The number of nitrogens with zero attached hydrogens (tertiary/aromatic N) is 4. The van der Waals surface area contributed by atoms with E-state index in [0.717, 1.165) is 13.1 Å². The van der Waals surface area contributed by atoms with Crippen molar-refractivity contribution >= 4 is 32.9 Å². The van der Waals surface area contributed by atoms with Gasteiger partial charge in [0.15, 0.2) is 6.67 Å². The highest BCUT2D eigenvalue weighted by Gasteiger charge is 2.34. The summed E-state index contributed by atoms with van der Waals surface area (Å²) in [6.07, 6.45) is 1.13. The monoisotopic (exact) mass is 419 g/mol. The van der Waals surface area contributed by atoms with Gasteiger partial charge >= 0.3 is 11.4 Å². The molecule has 28 heavy (non-hydrogen) atoms. The summed E-state index contributed by atoms with van der Waals surface area (Å²) in [6, 6.07) is 0.329. The quantitative estimate of drug-likeness (QED) is 0.406. The highest BCUT2D eigenvalue weighted by atomic mass is 32.2. The van der Waals surface area contributed by atoms with Gasteiger partial charge < -0.3 is 9.87 Å². The molecule has 0 aliphatic carbocycles. The van der Waals surface area contributed by atoms with Crippen LogP contribution in [0.4, 0.5) is 17.1 Å². The number of rotatable bonds is 4. The molecular weight excluding hydrogens is 402 g/mol. The van der Waals surface area contributed by atoms with E-state index in [-0.39, 0.29) is 12.1 Å². The number of nitrogens with two attached hydrogens (primary N) is 1. The van der Waals surface area contributed by atoms with Crippen molar-refractivity contribution in [1.29, 1.82) is 0 Å². The number of quaternary nitrogens is 1. The predicted octanol–water partition coefficient (Wildman–Crippen LogP) is 0.466. The summed E-state index contributed by atoms with van der Waals surface area (Å²) in [4.78, 5) is 30.1. The van der Waals surface area contributed by atoms with E-state index >= 15 is 0 Å². The fourth-order valence-corrected chi connectivity index (χ4v) is 3.23. The number of nitro groups is 3. The fourth-order valence-electron chi connectivity index (χ4n) is 2.45. The van der Waals surface area contributed by atoms with Gasteiger partial charge in [-0.1, -0.05) is 0 Å². The summed E-state index contributed by atoms with van der Waals surface area (Å²) in [6.45, 7) is 7.53. The molecule has 0 saturated carbocycles. The van der Waals surface area contributed by atoms with E-state index in [9.17, 15) is 43.3 Å². The summed E-state index contributed by atoms with van der Waals surface area (Å²) in [5, 5.41) is 33.9. The number of benzene rings is 1. The lowest BCUT2D eigenvalue weighted by molar-refractivity contribution is -0.720. The zero-order valence-corrected chi connectivity index (χ0v) is 15.8. The van der Waals surface area contributed by atoms with Gasteiger partial charge in [0.1, 0.15) is 10.1 Å². The Bertz CT molecular complexity index is 920. The van der Waals surface area contributed by atoms with Crippen molar-refractivity contribution in [1.82, 2.24) is 0 Å². The summed E-state index contributed by atoms with van der Waals surface area (Å²) in [5.41, 5.74) is -2.42. The van der Waals surface area contributed by atoms with Crippen molar-refractivity contribution in [2.24, 2.45) is 4.99 Å². The molecule has 0 aromatic heterocycles. The van der Waals surface area contributed by atoms with E-state index in [4.69, 9.17) is 0 Å². The van der Waals surface area contributed by atoms with E-state index in [2.05, 4.69) is 31.1 Å². The predicted molar refractivity (Wildman–Crippen MR) is 93.0 cm³/mol. The van der Waals surface area contributed by atoms with Gasteiger partial charge in [0.05, 0.1) is 32.4 Å². The van der Waals surface area contributed by atoms with Crippen LogP contribution in [-0.2, 0) is 10.1 Å². The summed E-state index contributed by atoms with van der Waals surface area (Å²) >= 11 is 0. The maximum Gasteiger partial charge on any atom is 0.300 e. The molecule has 0 atom stereocenters. The number of aliphatic imine (C=N–C) groups is 1. The van der Waals surface area contributed by atoms with Crippen LogP contribution in [0.25, 0.3) is 0 Å². The van der Waals surface area contributed by atoms with Crippen LogP contribution in [-0.4, -0.2) is 45.7 Å². The van der Waals surface area contributed by atoms with Crippen molar-refractivity contribution in [2.75, 3.05) is 6.67 Å². The van der Waals surface area contributed by atoms with Gasteiger partial charge in [0.2, 0.25) is 4.90 Å². The van der Waals surface area contributed by atoms with Crippen molar-refractivity contribution < 1.29 is 33.1 Å². The molecule has 15 heteroatoms. The van der Waals surface area contributed by atoms with Crippen molar-refractivity contribution in [3.8, 4) is 0 Å². The average Bonchev–Trinajstić information content (AvgIpc) is 2.51. The Labute approximate surface area is 158 Å². The number of nitro benzene ring substituents is 3. The van der Waals surface area contributed by atoms with Crippen LogP contribution in [0.3, 0.4) is 0 Å². The Morgan fingerprint density at radius 3 is 1.75 bits per heavy atom. The second kappa shape index (κ2) is 8.32. The van der Waals surface area contributed by atoms with Crippen molar-refractivity contribution in [2.45, 2.75) is 37.6 Å². The van der Waals surface area contributed by atoms with Crippen LogP contribution in [0.5, 0.6) is 0 Å². The Hall–Kier alpha value is -3.04. The minimum Gasteiger partial charge on any atom is -0.744 e. The minimum absolute atomic E-state index is 0.164. The molecule has 1 aliphatic rings. The number of hydrogen-bond acceptors (Lipinski definition) is 10. The second-order valence-electron chi connectivity index (χ2n) is 6.48. The summed E-state index contributed by atoms with van der Waals surface area (Å²) < 4.78 is 32.5. The van der Waals surface area contributed by atoms with Gasteiger partial charge in [-0.25, -0.2) is 13.4 Å². The molecule has 2 N–H and O–H groups in total. The van der Waals surface area contributed by atoms with Gasteiger partial charge in [-0.3, -0.25) is 30.3 Å². The molecule has 0 saturated heterocycles. The van der Waals surface area contributed by atoms with Crippen LogP contribution in [0, 0.1) is 30.3 Å². The average molecular weight is 419 g/mol. The number of non-ortho nitro benzene ring substituents is 1. The first kappa shape index (κ1) is 23.0. The molecular formula is C13H17N5O9S. The molecule has 1 aliphatic heterocycles. The molecule has 0 spiro atoms. The lowest BCUT2D eigenvalue weighted by Crippen LogP contribution is -2.96. The molecule has 0 radical (unpaired) electrons. The van der Waals surface area contributed by atoms with E-state index in [1.807, 2.05) is 0 Å². The fraction of sp³-hybridized carbons (Fsp3) is 0.462. The lowest BCUT2D eigenvalue weighted by atomic mass is 9.97. The third-order valence-electron chi connectivity index (χ3n) is 3.61. The van der Waals surface area contributed by atoms with Gasteiger partial charge in [-0.05, 0) is 20.8 Å². The topological polar surface area (TPSA) is 216 Å². The minimum atomic E-state index is -5.55. The van der Waals surface area contributed by atoms with Gasteiger partial charge in [0, 0.05) is 12.1 Å². The Morgan fingerprint density at radius 2 is 1.50 bits per heavy atom. The molecule has 0 unspecified atom stereocenters. The number of hydrogen-bond donors (Lipinski definition) is 1. The molecule has 1 heterocycles. The van der Waals surface area contributed by atoms with Crippen molar-refractivity contribution in [3.63, 3.8) is 0 Å². The third-order valence-corrected chi connectivity index (χ3v) is 4.52. The normalized spacial score (nSPS) is 15.6. The molecule has 0 bridgehead atoms. The van der Waals surface area contributed by atoms with E-state index in [0.29, 0.717) is 5.54 Å². The molecule has 0 amide bonds. The maximum absolute atomic E-state index is 10.8. The van der Waals surface area contributed by atoms with Gasteiger partial charge in [-0.2, -0.15) is 0 Å². The van der Waals surface area contributed by atoms with E-state index in [1.54, 1.807) is 0 Å². The van der Waals surface area contributed by atoms with Crippen LogP contribution < -0.4 is 5.32 Å². The van der Waals surface area contributed by atoms with Crippen LogP contribution in [0.2, 0.25) is 0 Å². The van der Waals surface area contributed by atoms with Crippen LogP contribution >= 0.6 is 0 Å². The molecule has 0 fully saturated rings. The first-order valence-corrected chi connectivity index (χ1v) is 8.98. The smallest absolute Gasteiger partial charge is 0.300 e. The molecule has 14 nitrogen and oxygen atoms in total. The van der Waals surface area contributed by atoms with E-state index in [1.165, 1.54) is 5.71 Å². The zero-order valence-electron chi connectivity index (χ0n) is 15.0. The molecule has 154 valence electrons. The molecule has 1 aromatic rings. The maximum atomic E-state index is 10.8. The zero-order chi connectivity index (χ0) is 21.9. The van der Waals surface area contributed by atoms with Crippen LogP contribution in [0.15, 0.2) is 22.0 Å². The van der Waals surface area contributed by atoms with Crippen molar-refractivity contribution in [3.05, 3.63) is 42.5 Å². The van der Waals surface area contributed by atoms with Crippen LogP contribution in [0.1, 0.15) is 27.2 Å². The van der Waals surface area contributed by atoms with Gasteiger partial charge in [-0.15, -0.1) is 0 Å². The Balaban J connectivity index is 0.000000362. The first-order chi connectivity index (χ1) is 12.7. The highest BCUT2D eigenvalue weighted by Crippen LogP contribution is 2.36. The largest absolute Gasteiger partial charge is 0.744 e. The highest BCUT2D eigenvalue weighted by molar-refractivity contribution is 7.86. The molecule has 1 aromatic carbocycles. The SMILES string of the molecule is CC1=NC[NH2+]C(C)(C)C1.O=[N+]([O-])c1cc([N+](=O)[O-])c(S(=O)(=O)[O-])c([N+](=O)[O-])c1. The molecule has 2 rings (SSSR count). The first-order valence-electron chi connectivity index (χ1n) is 7.57. The standard InChI is InChI=1S/C7H14N2.C6H3N3O9S/c1-6-4-7(2,3)9-5-8-6;10-7(11)3-1-4(8(12)13)6(19(16,17)18)5(2-3)9(14)15/h9H,4-5H2,1-3H3;1-2H,(H,16,17,18).